The Morgan fingerprint density at radius 2 is 1.65 bits per heavy atom. The molecule has 0 unspecified atom stereocenters. The largest absolute Gasteiger partial charge is 0.383 e. The fourth-order valence-electron chi connectivity index (χ4n) is 3.55. The number of halogens is 3. The molecule has 0 aliphatic heterocycles. The highest BCUT2D eigenvalue weighted by Gasteiger charge is 2.15. The summed E-state index contributed by atoms with van der Waals surface area (Å²) in [6.07, 6.45) is 4.00. The van der Waals surface area contributed by atoms with Gasteiger partial charge in [0.1, 0.15) is 17.5 Å². The van der Waals surface area contributed by atoms with Crippen molar-refractivity contribution < 1.29 is 8.78 Å². The molecule has 0 saturated carbocycles. The van der Waals surface area contributed by atoms with Crippen LogP contribution in [0.25, 0.3) is 22.3 Å². The van der Waals surface area contributed by atoms with Gasteiger partial charge in [-0.1, -0.05) is 6.07 Å². The fraction of sp³-hybridized carbons (Fsp3) is 0.417. The Hall–Kier alpha value is -2.40. The summed E-state index contributed by atoms with van der Waals surface area (Å²) >= 11 is 3.29. The molecule has 0 radical (unpaired) electrons. The molecule has 7 nitrogen and oxygen atoms in total. The Morgan fingerprint density at radius 1 is 0.941 bits per heavy atom. The summed E-state index contributed by atoms with van der Waals surface area (Å²) in [7, 11) is 0. The quantitative estimate of drug-likeness (QED) is 0.201. The van der Waals surface area contributed by atoms with Crippen molar-refractivity contribution in [1.29, 1.82) is 0 Å². The van der Waals surface area contributed by atoms with E-state index in [9.17, 15) is 13.6 Å². The molecule has 3 rings (SSSR count). The van der Waals surface area contributed by atoms with Crippen LogP contribution in [0.4, 0.5) is 14.5 Å². The van der Waals surface area contributed by atoms with E-state index in [2.05, 4.69) is 41.8 Å². The van der Waals surface area contributed by atoms with Crippen molar-refractivity contribution in [2.45, 2.75) is 25.7 Å². The normalized spacial score (nSPS) is 11.3. The molecular formula is C24H31BrF2N6O. The first-order valence-electron chi connectivity index (χ1n) is 11.5. The van der Waals surface area contributed by atoms with Crippen molar-refractivity contribution in [2.75, 3.05) is 44.6 Å². The molecule has 2 aromatic carbocycles. The van der Waals surface area contributed by atoms with Crippen LogP contribution in [0.5, 0.6) is 0 Å². The monoisotopic (exact) mass is 536 g/mol. The minimum atomic E-state index is -0.533. The van der Waals surface area contributed by atoms with Crippen LogP contribution >= 0.6 is 15.9 Å². The Morgan fingerprint density at radius 3 is 2.35 bits per heavy atom. The summed E-state index contributed by atoms with van der Waals surface area (Å²) in [5.41, 5.74) is 5.62. The van der Waals surface area contributed by atoms with Crippen LogP contribution in [-0.4, -0.2) is 49.2 Å². The first kappa shape index (κ1) is 26.2. The third kappa shape index (κ3) is 7.30. The number of nitrogens with zero attached hydrogens (tertiary/aromatic N) is 1. The smallest absolute Gasteiger partial charge is 0.259 e. The number of hydrogen-bond donors (Lipinski definition) is 5. The zero-order valence-corrected chi connectivity index (χ0v) is 20.6. The average Bonchev–Trinajstić information content (AvgIpc) is 2.80. The van der Waals surface area contributed by atoms with Crippen LogP contribution in [0, 0.1) is 11.6 Å². The number of anilines is 1. The van der Waals surface area contributed by atoms with Crippen LogP contribution in [0.2, 0.25) is 0 Å². The lowest BCUT2D eigenvalue weighted by atomic mass is 10.1. The van der Waals surface area contributed by atoms with Gasteiger partial charge in [0.05, 0.1) is 22.2 Å². The van der Waals surface area contributed by atoms with E-state index >= 15 is 0 Å². The van der Waals surface area contributed by atoms with Crippen molar-refractivity contribution >= 4 is 32.5 Å². The number of nitrogens with one attached hydrogen (secondary N) is 4. The number of nitrogens with two attached hydrogens (primary N) is 1. The Labute approximate surface area is 206 Å². The van der Waals surface area contributed by atoms with Crippen LogP contribution < -0.4 is 27.2 Å². The van der Waals surface area contributed by atoms with Gasteiger partial charge in [0.25, 0.3) is 5.56 Å². The van der Waals surface area contributed by atoms with Gasteiger partial charge in [-0.15, -0.1) is 0 Å². The fourth-order valence-corrected chi connectivity index (χ4v) is 4.08. The molecule has 3 aromatic rings. The van der Waals surface area contributed by atoms with Crippen molar-refractivity contribution in [2.24, 2.45) is 5.73 Å². The molecule has 0 aliphatic rings. The van der Waals surface area contributed by atoms with E-state index in [1.54, 1.807) is 12.1 Å². The lowest BCUT2D eigenvalue weighted by Gasteiger charge is -2.11. The first-order chi connectivity index (χ1) is 16.5. The molecule has 34 heavy (non-hydrogen) atoms. The maximum Gasteiger partial charge on any atom is 0.259 e. The van der Waals surface area contributed by atoms with Crippen LogP contribution in [0.3, 0.4) is 0 Å². The predicted molar refractivity (Wildman–Crippen MR) is 137 cm³/mol. The van der Waals surface area contributed by atoms with E-state index in [1.165, 1.54) is 12.1 Å². The lowest BCUT2D eigenvalue weighted by molar-refractivity contribution is 0.571. The standard InChI is InChI=1S/C24H31BrF2N6O/c25-17-6-3-7-18(26)22(17)23-32-20-15-21(19(27)14-16(20)24(34)33-23)31-13-5-12-30-10-2-1-9-29-11-4-8-28/h3,6-7,14-15,29-31H,1-2,4-5,8-13,28H2,(H,32,33,34). The SMILES string of the molecule is NCCCNCCCCNCCCNc1cc2nc(-c3c(F)cccc3Br)[nH]c(=O)c2cc1F. The van der Waals surface area contributed by atoms with Crippen LogP contribution in [-0.2, 0) is 0 Å². The first-order valence-corrected chi connectivity index (χ1v) is 12.3. The van der Waals surface area contributed by atoms with Gasteiger partial charge in [-0.2, -0.15) is 0 Å². The molecule has 0 atom stereocenters. The number of H-pyrrole nitrogens is 1. The molecule has 1 aromatic heterocycles. The molecule has 184 valence electrons. The van der Waals surface area contributed by atoms with Crippen molar-refractivity contribution in [3.63, 3.8) is 0 Å². The molecule has 6 N–H and O–H groups in total. The molecule has 0 amide bonds. The zero-order valence-electron chi connectivity index (χ0n) is 19.0. The summed E-state index contributed by atoms with van der Waals surface area (Å²) < 4.78 is 29.3. The molecule has 0 saturated heterocycles. The molecule has 10 heteroatoms. The van der Waals surface area contributed by atoms with Gasteiger partial charge in [-0.25, -0.2) is 13.8 Å². The van der Waals surface area contributed by atoms with E-state index in [0.717, 1.165) is 57.9 Å². The molecular weight excluding hydrogens is 506 g/mol. The number of benzene rings is 2. The second-order valence-corrected chi connectivity index (χ2v) is 8.84. The number of aromatic amines is 1. The predicted octanol–water partition coefficient (Wildman–Crippen LogP) is 3.74. The van der Waals surface area contributed by atoms with E-state index in [-0.39, 0.29) is 28.0 Å². The lowest BCUT2D eigenvalue weighted by Crippen LogP contribution is -2.22. The summed E-state index contributed by atoms with van der Waals surface area (Å²) in [6.45, 7) is 4.98. The zero-order chi connectivity index (χ0) is 24.3. The van der Waals surface area contributed by atoms with Gasteiger partial charge in [0.15, 0.2) is 0 Å². The third-order valence-corrected chi connectivity index (χ3v) is 6.02. The van der Waals surface area contributed by atoms with Crippen molar-refractivity contribution in [3.8, 4) is 11.4 Å². The van der Waals surface area contributed by atoms with Gasteiger partial charge < -0.3 is 26.7 Å². The van der Waals surface area contributed by atoms with E-state index < -0.39 is 17.2 Å². The van der Waals surface area contributed by atoms with Gasteiger partial charge in [-0.05, 0) is 98.6 Å². The van der Waals surface area contributed by atoms with Gasteiger partial charge in [-0.3, -0.25) is 4.79 Å². The molecule has 1 heterocycles. The van der Waals surface area contributed by atoms with Crippen molar-refractivity contribution in [1.82, 2.24) is 20.6 Å². The Bertz CT molecular complexity index is 1120. The summed E-state index contributed by atoms with van der Waals surface area (Å²) in [5.74, 6) is -0.971. The van der Waals surface area contributed by atoms with E-state index in [1.807, 2.05) is 0 Å². The molecule has 0 fully saturated rings. The molecule has 0 aliphatic carbocycles. The van der Waals surface area contributed by atoms with E-state index in [0.29, 0.717) is 17.6 Å². The number of aromatic nitrogens is 2. The highest BCUT2D eigenvalue weighted by atomic mass is 79.9. The highest BCUT2D eigenvalue weighted by Crippen LogP contribution is 2.29. The average molecular weight is 537 g/mol. The number of rotatable bonds is 14. The van der Waals surface area contributed by atoms with Crippen LogP contribution in [0.1, 0.15) is 25.7 Å². The molecule has 0 spiro atoms. The minimum Gasteiger partial charge on any atom is -0.383 e. The maximum absolute atomic E-state index is 14.5. The van der Waals surface area contributed by atoms with Crippen LogP contribution in [0.15, 0.2) is 39.6 Å². The summed E-state index contributed by atoms with van der Waals surface area (Å²) in [5, 5.41) is 9.91. The second-order valence-electron chi connectivity index (χ2n) is 7.99. The van der Waals surface area contributed by atoms with E-state index in [4.69, 9.17) is 5.73 Å². The Kier molecular flexibility index (Phi) is 10.4. The maximum atomic E-state index is 14.5. The number of fused-ring (bicyclic) bond motifs is 1. The van der Waals surface area contributed by atoms with Crippen molar-refractivity contribution in [3.05, 3.63) is 56.8 Å². The third-order valence-electron chi connectivity index (χ3n) is 5.35. The topological polar surface area (TPSA) is 108 Å². The van der Waals surface area contributed by atoms with Gasteiger partial charge in [0.2, 0.25) is 0 Å². The Balaban J connectivity index is 1.53. The highest BCUT2D eigenvalue weighted by molar-refractivity contribution is 9.10. The summed E-state index contributed by atoms with van der Waals surface area (Å²) in [6, 6.07) is 7.15. The van der Waals surface area contributed by atoms with Gasteiger partial charge in [0, 0.05) is 11.0 Å². The number of hydrogen-bond acceptors (Lipinski definition) is 6. The van der Waals surface area contributed by atoms with Gasteiger partial charge >= 0.3 is 0 Å². The number of unbranched alkanes of at least 4 members (excludes halogenated alkanes) is 1. The molecule has 0 bridgehead atoms. The minimum absolute atomic E-state index is 0.0822. The second kappa shape index (κ2) is 13.5. The summed E-state index contributed by atoms with van der Waals surface area (Å²) in [4.78, 5) is 19.4.